The number of hydrogen-bond acceptors (Lipinski definition) is 7. The number of aromatic nitrogens is 7. The van der Waals surface area contributed by atoms with E-state index in [0.717, 1.165) is 11.3 Å². The second kappa shape index (κ2) is 9.10. The second-order valence-corrected chi connectivity index (χ2v) is 10.5. The number of imidazole rings is 1. The molecule has 0 amide bonds. The highest BCUT2D eigenvalue weighted by atomic mass is 35.5. The lowest BCUT2D eigenvalue weighted by Gasteiger charge is -2.16. The highest BCUT2D eigenvalue weighted by molar-refractivity contribution is 7.17. The fourth-order valence-electron chi connectivity index (χ4n) is 4.55. The van der Waals surface area contributed by atoms with Crippen LogP contribution in [0, 0.1) is 0 Å². The van der Waals surface area contributed by atoms with Crippen molar-refractivity contribution in [1.29, 1.82) is 0 Å². The Kier molecular flexibility index (Phi) is 5.87. The van der Waals surface area contributed by atoms with Crippen molar-refractivity contribution in [2.45, 2.75) is 18.9 Å². The van der Waals surface area contributed by atoms with Gasteiger partial charge in [0.2, 0.25) is 0 Å². The quantitative estimate of drug-likeness (QED) is 0.297. The Hall–Kier alpha value is -3.51. The predicted octanol–water partition coefficient (Wildman–Crippen LogP) is 5.14. The topological polar surface area (TPSA) is 132 Å². The third-order valence-corrected chi connectivity index (χ3v) is 8.17. The Morgan fingerprint density at radius 3 is 2.70 bits per heavy atom. The number of thiophene rings is 1. The van der Waals surface area contributed by atoms with Crippen molar-refractivity contribution in [2.75, 3.05) is 0 Å². The van der Waals surface area contributed by atoms with Crippen LogP contribution in [0.25, 0.3) is 27.4 Å². The average molecular weight is 575 g/mol. The summed E-state index contributed by atoms with van der Waals surface area (Å²) in [5.74, 6) is -0.524. The summed E-state index contributed by atoms with van der Waals surface area (Å²) in [6.07, 6.45) is 2.55. The minimum atomic E-state index is -1.02. The molecule has 1 aromatic carbocycles. The van der Waals surface area contributed by atoms with Crippen LogP contribution >= 0.6 is 46.1 Å². The number of aromatic amines is 1. The van der Waals surface area contributed by atoms with E-state index in [2.05, 4.69) is 25.5 Å². The van der Waals surface area contributed by atoms with Gasteiger partial charge in [-0.2, -0.15) is 4.68 Å². The molecule has 0 unspecified atom stereocenters. The molecule has 4 aromatic heterocycles. The number of nitrogens with one attached hydrogen (secondary N) is 1. The molecule has 5 aromatic rings. The van der Waals surface area contributed by atoms with E-state index in [1.807, 2.05) is 0 Å². The molecule has 0 aliphatic carbocycles. The molecule has 37 heavy (non-hydrogen) atoms. The Morgan fingerprint density at radius 2 is 1.97 bits per heavy atom. The van der Waals surface area contributed by atoms with E-state index in [9.17, 15) is 14.7 Å². The molecule has 5 heterocycles. The van der Waals surface area contributed by atoms with E-state index in [1.54, 1.807) is 28.8 Å². The van der Waals surface area contributed by atoms with E-state index in [4.69, 9.17) is 34.8 Å². The molecule has 2 N–H and O–H groups in total. The smallest absolute Gasteiger partial charge is 0.345 e. The molecule has 0 saturated heterocycles. The first-order chi connectivity index (χ1) is 17.8. The molecule has 0 radical (unpaired) electrons. The molecule has 0 spiro atoms. The van der Waals surface area contributed by atoms with Gasteiger partial charge in [-0.15, -0.1) is 16.4 Å². The second-order valence-electron chi connectivity index (χ2n) is 8.25. The first-order valence-electron chi connectivity index (χ1n) is 10.9. The van der Waals surface area contributed by atoms with Crippen molar-refractivity contribution in [3.63, 3.8) is 0 Å². The molecule has 186 valence electrons. The third kappa shape index (κ3) is 4.04. The summed E-state index contributed by atoms with van der Waals surface area (Å²) in [5, 5.41) is 21.6. The molecule has 10 nitrogen and oxygen atoms in total. The van der Waals surface area contributed by atoms with E-state index in [0.29, 0.717) is 61.8 Å². The molecular formula is C23H14Cl3N7O3S. The number of halogens is 3. The van der Waals surface area contributed by atoms with E-state index in [-0.39, 0.29) is 15.6 Å². The summed E-state index contributed by atoms with van der Waals surface area (Å²) in [6, 6.07) is 9.40. The minimum absolute atomic E-state index is 0.186. The summed E-state index contributed by atoms with van der Waals surface area (Å²) in [5.41, 5.74) is 2.65. The van der Waals surface area contributed by atoms with Crippen molar-refractivity contribution in [3.8, 4) is 27.4 Å². The van der Waals surface area contributed by atoms with Crippen LogP contribution in [0.1, 0.15) is 33.7 Å². The Morgan fingerprint density at radius 1 is 1.14 bits per heavy atom. The van der Waals surface area contributed by atoms with Crippen LogP contribution in [0.15, 0.2) is 47.5 Å². The van der Waals surface area contributed by atoms with Crippen molar-refractivity contribution >= 4 is 52.1 Å². The Labute approximate surface area is 227 Å². The number of H-pyrrole nitrogens is 1. The fourth-order valence-corrected chi connectivity index (χ4v) is 6.21. The maximum Gasteiger partial charge on any atom is 0.345 e. The van der Waals surface area contributed by atoms with Crippen LogP contribution < -0.4 is 5.56 Å². The van der Waals surface area contributed by atoms with Gasteiger partial charge < -0.3 is 14.7 Å². The number of carbonyl (C=O) groups is 1. The number of hydrogen-bond donors (Lipinski definition) is 2. The molecule has 1 atom stereocenters. The number of pyridine rings is 1. The monoisotopic (exact) mass is 573 g/mol. The Bertz CT molecular complexity index is 1740. The number of aromatic carboxylic acids is 1. The van der Waals surface area contributed by atoms with Crippen LogP contribution in [0.4, 0.5) is 0 Å². The lowest BCUT2D eigenvalue weighted by molar-refractivity contribution is 0.0702. The number of carboxylic acids is 1. The van der Waals surface area contributed by atoms with Crippen molar-refractivity contribution < 1.29 is 9.90 Å². The minimum Gasteiger partial charge on any atom is -0.477 e. The van der Waals surface area contributed by atoms with Gasteiger partial charge in [0.15, 0.2) is 5.15 Å². The van der Waals surface area contributed by atoms with E-state index >= 15 is 0 Å². The number of carboxylic acid groups (broad SMARTS) is 1. The molecule has 0 saturated carbocycles. The van der Waals surface area contributed by atoms with Gasteiger partial charge in [0.1, 0.15) is 17.0 Å². The van der Waals surface area contributed by atoms with Crippen molar-refractivity contribution in [3.05, 3.63) is 84.7 Å². The zero-order valence-corrected chi connectivity index (χ0v) is 21.6. The summed E-state index contributed by atoms with van der Waals surface area (Å²) in [7, 11) is 0. The fraction of sp³-hybridized carbons (Fsp3) is 0.130. The molecule has 1 aliphatic heterocycles. The van der Waals surface area contributed by atoms with Crippen LogP contribution in [-0.2, 0) is 6.42 Å². The number of nitrogens with zero attached hydrogens (tertiary/aromatic N) is 6. The van der Waals surface area contributed by atoms with Crippen LogP contribution in [0.2, 0.25) is 15.2 Å². The standard InChI is InChI=1S/C23H14Cl3N7O3S/c24-10-1-2-13(32-9-27-30-31-32)11(7-10)12-8-18(34)33-14(19(12)25)3-4-15(33)22-28-20(21(26)29-22)16-5-6-17(37-16)23(35)36/h1-2,5-9,15H,3-4H2,(H,28,29)(H,35,36)/t15-/m0/s1. The predicted molar refractivity (Wildman–Crippen MR) is 139 cm³/mol. The summed E-state index contributed by atoms with van der Waals surface area (Å²) >= 11 is 20.7. The SMILES string of the molecule is O=C(O)c1ccc(-c2[nH]c([C@@H]3CCc4c(Cl)c(-c5cc(Cl)ccc5-n5cnnn5)cc(=O)n43)nc2Cl)s1. The number of tetrazole rings is 1. The van der Waals surface area contributed by atoms with E-state index in [1.165, 1.54) is 23.1 Å². The number of rotatable bonds is 5. The van der Waals surface area contributed by atoms with Gasteiger partial charge in [-0.1, -0.05) is 34.8 Å². The first kappa shape index (κ1) is 23.9. The van der Waals surface area contributed by atoms with Gasteiger partial charge >= 0.3 is 5.97 Å². The molecular weight excluding hydrogens is 561 g/mol. The van der Waals surface area contributed by atoms with Crippen LogP contribution in [-0.4, -0.2) is 45.8 Å². The number of benzene rings is 1. The van der Waals surface area contributed by atoms with Gasteiger partial charge in [-0.3, -0.25) is 4.79 Å². The lowest BCUT2D eigenvalue weighted by Crippen LogP contribution is -2.24. The summed E-state index contributed by atoms with van der Waals surface area (Å²) in [4.78, 5) is 33.2. The van der Waals surface area contributed by atoms with E-state index < -0.39 is 12.0 Å². The van der Waals surface area contributed by atoms with Crippen molar-refractivity contribution in [1.82, 2.24) is 34.7 Å². The number of fused-ring (bicyclic) bond motifs is 1. The summed E-state index contributed by atoms with van der Waals surface area (Å²) in [6.45, 7) is 0. The third-order valence-electron chi connectivity index (χ3n) is 6.15. The van der Waals surface area contributed by atoms with Crippen molar-refractivity contribution in [2.24, 2.45) is 0 Å². The zero-order valence-electron chi connectivity index (χ0n) is 18.5. The van der Waals surface area contributed by atoms with Crippen LogP contribution in [0.5, 0.6) is 0 Å². The van der Waals surface area contributed by atoms with Gasteiger partial charge in [0.25, 0.3) is 5.56 Å². The maximum absolute atomic E-state index is 13.5. The Balaban J connectivity index is 1.43. The molecule has 6 rings (SSSR count). The largest absolute Gasteiger partial charge is 0.477 e. The van der Waals surface area contributed by atoms with Crippen LogP contribution in [0.3, 0.4) is 0 Å². The normalized spacial score (nSPS) is 14.7. The highest BCUT2D eigenvalue weighted by Crippen LogP contribution is 2.41. The highest BCUT2D eigenvalue weighted by Gasteiger charge is 2.32. The van der Waals surface area contributed by atoms with Gasteiger partial charge in [0.05, 0.1) is 27.3 Å². The molecule has 14 heteroatoms. The first-order valence-corrected chi connectivity index (χ1v) is 12.8. The lowest BCUT2D eigenvalue weighted by atomic mass is 10.0. The molecule has 0 bridgehead atoms. The van der Waals surface area contributed by atoms with Gasteiger partial charge in [-0.25, -0.2) is 9.78 Å². The van der Waals surface area contributed by atoms with Gasteiger partial charge in [0, 0.05) is 27.9 Å². The zero-order chi connectivity index (χ0) is 25.8. The maximum atomic E-state index is 13.5. The summed E-state index contributed by atoms with van der Waals surface area (Å²) < 4.78 is 3.09. The average Bonchev–Trinajstić information content (AvgIpc) is 3.67. The molecule has 0 fully saturated rings. The molecule has 1 aliphatic rings. The van der Waals surface area contributed by atoms with Gasteiger partial charge in [-0.05, 0) is 53.6 Å².